The molecule has 0 aliphatic carbocycles. The standard InChI is InChI=1S/C20H12F6N4O2/c1-9(20(24,25)26)32-19-28-18(31)17-27-15(10-5-3-2-4-6-10)16(30(17)29-19)11-7-12(21)14(23)13(22)8-11/h2-9H,1H3,(H,28,29,31). The van der Waals surface area contributed by atoms with Gasteiger partial charge in [-0.3, -0.25) is 9.78 Å². The number of alkyl halides is 3. The summed E-state index contributed by atoms with van der Waals surface area (Å²) in [7, 11) is 0. The van der Waals surface area contributed by atoms with Crippen LogP contribution in [0, 0.1) is 17.5 Å². The largest absolute Gasteiger partial charge is 0.451 e. The molecule has 2 aromatic carbocycles. The third kappa shape index (κ3) is 3.79. The van der Waals surface area contributed by atoms with Crippen LogP contribution in [-0.4, -0.2) is 31.9 Å². The number of aromatic amines is 1. The molecule has 12 heteroatoms. The molecule has 0 fully saturated rings. The molecule has 2 aromatic heterocycles. The van der Waals surface area contributed by atoms with Gasteiger partial charge in [-0.1, -0.05) is 30.3 Å². The lowest BCUT2D eigenvalue weighted by Crippen LogP contribution is -2.32. The SMILES string of the molecule is CC(Oc1nn2c(-c3cc(F)c(F)c(F)c3)c(-c3ccccc3)nc2c(=O)[nH]1)C(F)(F)F. The van der Waals surface area contributed by atoms with Gasteiger partial charge in [0.1, 0.15) is 5.69 Å². The van der Waals surface area contributed by atoms with Gasteiger partial charge in [0, 0.05) is 11.1 Å². The van der Waals surface area contributed by atoms with E-state index in [1.165, 1.54) is 0 Å². The first-order chi connectivity index (χ1) is 15.1. The number of fused-ring (bicyclic) bond motifs is 1. The van der Waals surface area contributed by atoms with Gasteiger partial charge in [0.05, 0.1) is 5.69 Å². The zero-order chi connectivity index (χ0) is 23.2. The van der Waals surface area contributed by atoms with Crippen molar-refractivity contribution in [3.63, 3.8) is 0 Å². The zero-order valence-corrected chi connectivity index (χ0v) is 16.0. The molecule has 0 amide bonds. The highest BCUT2D eigenvalue weighted by atomic mass is 19.4. The molecule has 4 aromatic rings. The average molecular weight is 454 g/mol. The number of halogens is 6. The summed E-state index contributed by atoms with van der Waals surface area (Å²) in [5, 5.41) is 3.83. The van der Waals surface area contributed by atoms with E-state index >= 15 is 0 Å². The first-order valence-corrected chi connectivity index (χ1v) is 9.03. The predicted octanol–water partition coefficient (Wildman–Crippen LogP) is 4.50. The number of rotatable bonds is 4. The first kappa shape index (κ1) is 21.4. The molecule has 4 rings (SSSR count). The summed E-state index contributed by atoms with van der Waals surface area (Å²) < 4.78 is 85.5. The summed E-state index contributed by atoms with van der Waals surface area (Å²) in [6.45, 7) is 0.707. The van der Waals surface area contributed by atoms with Crippen LogP contribution in [0.2, 0.25) is 0 Å². The number of H-pyrrole nitrogens is 1. The molecular formula is C20H12F6N4O2. The Morgan fingerprint density at radius 3 is 2.25 bits per heavy atom. The number of nitrogens with one attached hydrogen (secondary N) is 1. The van der Waals surface area contributed by atoms with Crippen LogP contribution in [0.25, 0.3) is 28.2 Å². The average Bonchev–Trinajstić information content (AvgIpc) is 3.11. The minimum Gasteiger partial charge on any atom is -0.451 e. The van der Waals surface area contributed by atoms with Gasteiger partial charge in [-0.25, -0.2) is 22.7 Å². The Morgan fingerprint density at radius 1 is 1.03 bits per heavy atom. The van der Waals surface area contributed by atoms with E-state index in [0.717, 1.165) is 4.52 Å². The fourth-order valence-electron chi connectivity index (χ4n) is 2.96. The maximum Gasteiger partial charge on any atom is 0.425 e. The van der Waals surface area contributed by atoms with E-state index in [1.807, 2.05) is 4.98 Å². The highest BCUT2D eigenvalue weighted by Crippen LogP contribution is 2.33. The van der Waals surface area contributed by atoms with Crippen LogP contribution < -0.4 is 10.3 Å². The third-order valence-electron chi connectivity index (χ3n) is 4.52. The molecular weight excluding hydrogens is 442 g/mol. The van der Waals surface area contributed by atoms with Gasteiger partial charge in [-0.05, 0) is 19.1 Å². The van der Waals surface area contributed by atoms with Crippen LogP contribution in [-0.2, 0) is 0 Å². The second kappa shape index (κ2) is 7.70. The second-order valence-electron chi connectivity index (χ2n) is 6.73. The predicted molar refractivity (Wildman–Crippen MR) is 100 cm³/mol. The minimum atomic E-state index is -4.75. The quantitative estimate of drug-likeness (QED) is 0.364. The van der Waals surface area contributed by atoms with Crippen LogP contribution in [0.4, 0.5) is 26.3 Å². The molecule has 32 heavy (non-hydrogen) atoms. The lowest BCUT2D eigenvalue weighted by Gasteiger charge is -2.16. The monoisotopic (exact) mass is 454 g/mol. The van der Waals surface area contributed by atoms with Crippen molar-refractivity contribution in [1.29, 1.82) is 0 Å². The number of benzene rings is 2. The highest BCUT2D eigenvalue weighted by molar-refractivity contribution is 5.81. The van der Waals surface area contributed by atoms with Crippen molar-refractivity contribution in [2.75, 3.05) is 0 Å². The maximum atomic E-state index is 13.9. The van der Waals surface area contributed by atoms with E-state index in [-0.39, 0.29) is 22.6 Å². The van der Waals surface area contributed by atoms with E-state index < -0.39 is 41.3 Å². The molecule has 1 unspecified atom stereocenters. The number of aromatic nitrogens is 4. The van der Waals surface area contributed by atoms with Gasteiger partial charge in [0.2, 0.25) is 5.65 Å². The molecule has 166 valence electrons. The van der Waals surface area contributed by atoms with Crippen molar-refractivity contribution in [3.05, 3.63) is 70.3 Å². The second-order valence-corrected chi connectivity index (χ2v) is 6.73. The van der Waals surface area contributed by atoms with Crippen LogP contribution in [0.15, 0.2) is 47.3 Å². The number of hydrogen-bond acceptors (Lipinski definition) is 4. The van der Waals surface area contributed by atoms with Crippen molar-refractivity contribution in [3.8, 4) is 28.5 Å². The molecule has 0 bridgehead atoms. The Kier molecular flexibility index (Phi) is 5.15. The summed E-state index contributed by atoms with van der Waals surface area (Å²) in [6.07, 6.45) is -7.06. The normalized spacial score (nSPS) is 12.8. The van der Waals surface area contributed by atoms with Crippen molar-refractivity contribution in [1.82, 2.24) is 19.6 Å². The van der Waals surface area contributed by atoms with Crippen molar-refractivity contribution in [2.24, 2.45) is 0 Å². The Bertz CT molecular complexity index is 1340. The van der Waals surface area contributed by atoms with E-state index in [1.54, 1.807) is 30.3 Å². The molecule has 0 spiro atoms. The van der Waals surface area contributed by atoms with Crippen LogP contribution in [0.5, 0.6) is 6.01 Å². The molecule has 1 N–H and O–H groups in total. The van der Waals surface area contributed by atoms with E-state index in [4.69, 9.17) is 4.74 Å². The number of nitrogens with zero attached hydrogens (tertiary/aromatic N) is 3. The lowest BCUT2D eigenvalue weighted by atomic mass is 10.0. The van der Waals surface area contributed by atoms with Crippen molar-refractivity contribution < 1.29 is 31.1 Å². The molecule has 0 saturated heterocycles. The van der Waals surface area contributed by atoms with Gasteiger partial charge in [0.25, 0.3) is 5.56 Å². The molecule has 0 aliphatic heterocycles. The Hall–Kier alpha value is -3.83. The van der Waals surface area contributed by atoms with Crippen molar-refractivity contribution in [2.45, 2.75) is 19.2 Å². The highest BCUT2D eigenvalue weighted by Gasteiger charge is 2.38. The Labute approximate surface area is 175 Å². The maximum absolute atomic E-state index is 13.9. The fraction of sp³-hybridized carbons (Fsp3) is 0.150. The van der Waals surface area contributed by atoms with E-state index in [0.29, 0.717) is 24.6 Å². The van der Waals surface area contributed by atoms with Crippen LogP contribution in [0.1, 0.15) is 6.92 Å². The molecule has 0 radical (unpaired) electrons. The molecule has 1 atom stereocenters. The molecule has 2 heterocycles. The topological polar surface area (TPSA) is 72.3 Å². The lowest BCUT2D eigenvalue weighted by molar-refractivity contribution is -0.190. The number of imidazole rings is 1. The van der Waals surface area contributed by atoms with Crippen LogP contribution in [0.3, 0.4) is 0 Å². The number of ether oxygens (including phenoxy) is 1. The van der Waals surface area contributed by atoms with Gasteiger partial charge in [-0.15, -0.1) is 5.10 Å². The summed E-state index contributed by atoms with van der Waals surface area (Å²) in [4.78, 5) is 18.7. The van der Waals surface area contributed by atoms with Gasteiger partial charge >= 0.3 is 12.2 Å². The summed E-state index contributed by atoms with van der Waals surface area (Å²) in [5.41, 5.74) is -1.30. The summed E-state index contributed by atoms with van der Waals surface area (Å²) in [5.74, 6) is -4.74. The first-order valence-electron chi connectivity index (χ1n) is 9.03. The zero-order valence-electron chi connectivity index (χ0n) is 16.0. The molecule has 0 saturated carbocycles. The summed E-state index contributed by atoms with van der Waals surface area (Å²) >= 11 is 0. The van der Waals surface area contributed by atoms with E-state index in [9.17, 15) is 31.1 Å². The summed E-state index contributed by atoms with van der Waals surface area (Å²) in [6, 6.07) is 8.64. The van der Waals surface area contributed by atoms with Gasteiger partial charge < -0.3 is 4.74 Å². The van der Waals surface area contributed by atoms with Crippen molar-refractivity contribution >= 4 is 5.65 Å². The van der Waals surface area contributed by atoms with Gasteiger partial charge in [0.15, 0.2) is 23.6 Å². The minimum absolute atomic E-state index is 0.0371. The third-order valence-corrected chi connectivity index (χ3v) is 4.52. The molecule has 0 aliphatic rings. The number of hydrogen-bond donors (Lipinski definition) is 1. The fourth-order valence-corrected chi connectivity index (χ4v) is 2.96. The van der Waals surface area contributed by atoms with Gasteiger partial charge in [-0.2, -0.15) is 13.2 Å². The smallest absolute Gasteiger partial charge is 0.425 e. The van der Waals surface area contributed by atoms with Crippen LogP contribution >= 0.6 is 0 Å². The Balaban J connectivity index is 2.01. The Morgan fingerprint density at radius 2 is 1.66 bits per heavy atom. The molecule has 6 nitrogen and oxygen atoms in total. The van der Waals surface area contributed by atoms with E-state index in [2.05, 4.69) is 10.1 Å².